The molecule has 0 atom stereocenters. The molecule has 0 unspecified atom stereocenters. The Bertz CT molecular complexity index is 370. The van der Waals surface area contributed by atoms with Gasteiger partial charge in [0, 0.05) is 12.1 Å². The van der Waals surface area contributed by atoms with Crippen molar-refractivity contribution >= 4 is 45.2 Å². The lowest BCUT2D eigenvalue weighted by molar-refractivity contribution is -0.275. The summed E-state index contributed by atoms with van der Waals surface area (Å²) in [5, 5.41) is 0. The van der Waals surface area contributed by atoms with Gasteiger partial charge < -0.3 is 10.5 Å². The zero-order valence-electron chi connectivity index (χ0n) is 7.11. The fourth-order valence-electron chi connectivity index (χ4n) is 0.894. The van der Waals surface area contributed by atoms with Crippen molar-refractivity contribution in [2.24, 2.45) is 5.73 Å². The Morgan fingerprint density at radius 3 is 2.47 bits per heavy atom. The molecule has 1 aromatic rings. The van der Waals surface area contributed by atoms with Crippen LogP contribution < -0.4 is 10.5 Å². The number of hydrogen-bond donors (Lipinski definition) is 1. The zero-order valence-corrected chi connectivity index (χ0v) is 11.4. The fraction of sp³-hybridized carbons (Fsp3) is 0.286. The summed E-state index contributed by atoms with van der Waals surface area (Å²) in [6.07, 6.45) is -4.72. The van der Waals surface area contributed by atoms with Crippen LogP contribution in [0, 0.1) is 7.40 Å². The molecule has 0 amide bonds. The van der Waals surface area contributed by atoms with E-state index in [0.29, 0.717) is 3.70 Å². The van der Waals surface area contributed by atoms with Crippen LogP contribution in [0.15, 0.2) is 6.07 Å². The Labute approximate surface area is 111 Å². The summed E-state index contributed by atoms with van der Waals surface area (Å²) in [4.78, 5) is 3.86. The molecule has 0 radical (unpaired) electrons. The van der Waals surface area contributed by atoms with Crippen LogP contribution in [0.25, 0.3) is 0 Å². The van der Waals surface area contributed by atoms with Gasteiger partial charge in [0.05, 0.1) is 0 Å². The number of nitrogens with two attached hydrogens (primary N) is 1. The van der Waals surface area contributed by atoms with Gasteiger partial charge in [0.1, 0.15) is 7.40 Å². The normalized spacial score (nSPS) is 11.6. The summed E-state index contributed by atoms with van der Waals surface area (Å²) < 4.78 is 40.7. The van der Waals surface area contributed by atoms with Gasteiger partial charge in [0.2, 0.25) is 0 Å². The summed E-state index contributed by atoms with van der Waals surface area (Å²) >= 11 is 3.58. The average Bonchev–Trinajstić information content (AvgIpc) is 2.07. The number of rotatable bonds is 2. The Morgan fingerprint density at radius 2 is 2.00 bits per heavy atom. The van der Waals surface area contributed by atoms with E-state index in [2.05, 4.69) is 9.72 Å². The lowest BCUT2D eigenvalue weighted by Gasteiger charge is -2.13. The Balaban J connectivity index is 3.15. The Morgan fingerprint density at radius 1 is 1.40 bits per heavy atom. The SMILES string of the molecule is NCc1cc(I)nc(I)c1OC(F)(F)F. The molecular formula is C7H5F3I2N2O. The van der Waals surface area contributed by atoms with Gasteiger partial charge in [-0.05, 0) is 51.2 Å². The van der Waals surface area contributed by atoms with Crippen LogP contribution in [0.4, 0.5) is 13.2 Å². The molecule has 1 heterocycles. The highest BCUT2D eigenvalue weighted by atomic mass is 127. The highest BCUT2D eigenvalue weighted by Gasteiger charge is 2.33. The van der Waals surface area contributed by atoms with Gasteiger partial charge in [0.25, 0.3) is 0 Å². The second-order valence-electron chi connectivity index (χ2n) is 2.48. The number of aromatic nitrogens is 1. The van der Waals surface area contributed by atoms with Crippen molar-refractivity contribution in [1.82, 2.24) is 4.98 Å². The predicted octanol–water partition coefficient (Wildman–Crippen LogP) is 2.65. The van der Waals surface area contributed by atoms with E-state index in [1.54, 1.807) is 22.6 Å². The number of halogens is 5. The molecule has 0 aliphatic heterocycles. The molecule has 0 fully saturated rings. The smallest absolute Gasteiger partial charge is 0.403 e. The molecule has 3 nitrogen and oxygen atoms in total. The van der Waals surface area contributed by atoms with Crippen molar-refractivity contribution in [1.29, 1.82) is 0 Å². The highest BCUT2D eigenvalue weighted by Crippen LogP contribution is 2.30. The van der Waals surface area contributed by atoms with Crippen LogP contribution >= 0.6 is 45.2 Å². The third-order valence-corrected chi connectivity index (χ3v) is 2.70. The number of alkyl halides is 3. The molecule has 0 saturated heterocycles. The maximum atomic E-state index is 12.0. The van der Waals surface area contributed by atoms with E-state index in [1.807, 2.05) is 22.6 Å². The molecule has 84 valence electrons. The van der Waals surface area contributed by atoms with E-state index >= 15 is 0 Å². The van der Waals surface area contributed by atoms with Gasteiger partial charge >= 0.3 is 6.36 Å². The lowest BCUT2D eigenvalue weighted by Crippen LogP contribution is -2.20. The van der Waals surface area contributed by atoms with Crippen molar-refractivity contribution in [2.45, 2.75) is 12.9 Å². The monoisotopic (exact) mass is 444 g/mol. The molecule has 0 aliphatic carbocycles. The molecule has 0 saturated carbocycles. The zero-order chi connectivity index (χ0) is 11.6. The number of pyridine rings is 1. The van der Waals surface area contributed by atoms with Gasteiger partial charge in [-0.25, -0.2) is 4.98 Å². The quantitative estimate of drug-likeness (QED) is 0.564. The molecule has 15 heavy (non-hydrogen) atoms. The topological polar surface area (TPSA) is 48.1 Å². The molecular weight excluding hydrogens is 439 g/mol. The van der Waals surface area contributed by atoms with Gasteiger partial charge in [0.15, 0.2) is 5.75 Å². The van der Waals surface area contributed by atoms with Crippen LogP contribution in [-0.4, -0.2) is 11.3 Å². The highest BCUT2D eigenvalue weighted by molar-refractivity contribution is 14.1. The summed E-state index contributed by atoms with van der Waals surface area (Å²) in [5.74, 6) is -0.314. The van der Waals surface area contributed by atoms with Crippen molar-refractivity contribution in [3.05, 3.63) is 19.0 Å². The predicted molar refractivity (Wildman–Crippen MR) is 64.2 cm³/mol. The van der Waals surface area contributed by atoms with E-state index in [0.717, 1.165) is 0 Å². The first-order valence-corrected chi connectivity index (χ1v) is 5.80. The third kappa shape index (κ3) is 3.90. The summed E-state index contributed by atoms with van der Waals surface area (Å²) in [5.41, 5.74) is 5.61. The fourth-order valence-corrected chi connectivity index (χ4v) is 2.69. The van der Waals surface area contributed by atoms with Crippen LogP contribution in [0.2, 0.25) is 0 Å². The van der Waals surface area contributed by atoms with Crippen molar-refractivity contribution in [3.8, 4) is 5.75 Å². The Kier molecular flexibility index (Phi) is 4.40. The lowest BCUT2D eigenvalue weighted by atomic mass is 10.2. The molecule has 0 spiro atoms. The van der Waals surface area contributed by atoms with Gasteiger partial charge in [-0.3, -0.25) is 0 Å². The third-order valence-electron chi connectivity index (χ3n) is 1.42. The first-order chi connectivity index (χ1) is 6.83. The minimum atomic E-state index is -4.72. The molecule has 0 aromatic carbocycles. The summed E-state index contributed by atoms with van der Waals surface area (Å²) in [6, 6.07) is 1.46. The van der Waals surface area contributed by atoms with E-state index in [-0.39, 0.29) is 21.6 Å². The van der Waals surface area contributed by atoms with Crippen molar-refractivity contribution in [3.63, 3.8) is 0 Å². The number of nitrogens with zero attached hydrogens (tertiary/aromatic N) is 1. The van der Waals surface area contributed by atoms with Crippen molar-refractivity contribution in [2.75, 3.05) is 0 Å². The average molecular weight is 444 g/mol. The minimum absolute atomic E-state index is 0.0278. The van der Waals surface area contributed by atoms with Crippen LogP contribution in [0.1, 0.15) is 5.56 Å². The van der Waals surface area contributed by atoms with E-state index < -0.39 is 6.36 Å². The molecule has 1 aromatic heterocycles. The van der Waals surface area contributed by atoms with Gasteiger partial charge in [-0.1, -0.05) is 0 Å². The minimum Gasteiger partial charge on any atom is -0.403 e. The summed E-state index contributed by atoms with van der Waals surface area (Å²) in [6.45, 7) is -0.0278. The van der Waals surface area contributed by atoms with Crippen LogP contribution in [0.3, 0.4) is 0 Å². The standard InChI is InChI=1S/C7H5F3I2N2O/c8-7(9,10)15-5-3(2-13)1-4(11)14-6(5)12/h1H,2,13H2. The van der Waals surface area contributed by atoms with E-state index in [1.165, 1.54) is 6.07 Å². The van der Waals surface area contributed by atoms with Crippen LogP contribution in [0.5, 0.6) is 5.75 Å². The van der Waals surface area contributed by atoms with E-state index in [9.17, 15) is 13.2 Å². The number of hydrogen-bond acceptors (Lipinski definition) is 3. The first kappa shape index (κ1) is 13.2. The molecule has 0 bridgehead atoms. The summed E-state index contributed by atoms with van der Waals surface area (Å²) in [7, 11) is 0. The maximum Gasteiger partial charge on any atom is 0.573 e. The maximum absolute atomic E-state index is 12.0. The molecule has 0 aliphatic rings. The molecule has 8 heteroatoms. The number of ether oxygens (including phenoxy) is 1. The second kappa shape index (κ2) is 4.99. The molecule has 1 rings (SSSR count). The Hall–Kier alpha value is 0.160. The van der Waals surface area contributed by atoms with Crippen LogP contribution in [-0.2, 0) is 6.54 Å². The molecule has 2 N–H and O–H groups in total. The van der Waals surface area contributed by atoms with Gasteiger partial charge in [-0.2, -0.15) is 0 Å². The second-order valence-corrected chi connectivity index (χ2v) is 4.60. The van der Waals surface area contributed by atoms with E-state index in [4.69, 9.17) is 5.73 Å². The van der Waals surface area contributed by atoms with Crippen molar-refractivity contribution < 1.29 is 17.9 Å². The largest absolute Gasteiger partial charge is 0.573 e. The van der Waals surface area contributed by atoms with Gasteiger partial charge in [-0.15, -0.1) is 13.2 Å². The first-order valence-electron chi connectivity index (χ1n) is 3.64.